The van der Waals surface area contributed by atoms with Crippen LogP contribution in [0.5, 0.6) is 0 Å². The molecule has 1 aliphatic carbocycles. The van der Waals surface area contributed by atoms with Crippen LogP contribution in [0.1, 0.15) is 70.2 Å². The van der Waals surface area contributed by atoms with E-state index in [4.69, 9.17) is 4.98 Å². The normalized spacial score (nSPS) is 29.7. The maximum atomic E-state index is 5.02. The fraction of sp³-hybridized carbons (Fsp3) is 0.833. The second kappa shape index (κ2) is 6.12. The van der Waals surface area contributed by atoms with Gasteiger partial charge in [-0.2, -0.15) is 0 Å². The van der Waals surface area contributed by atoms with E-state index < -0.39 is 0 Å². The fourth-order valence-electron chi connectivity index (χ4n) is 4.44. The molecule has 3 rings (SSSR count). The summed E-state index contributed by atoms with van der Waals surface area (Å²) in [6.07, 6.45) is 6.34. The zero-order chi connectivity index (χ0) is 15.0. The van der Waals surface area contributed by atoms with Gasteiger partial charge in [0.15, 0.2) is 0 Å². The van der Waals surface area contributed by atoms with Crippen LogP contribution in [0, 0.1) is 17.8 Å². The Balaban J connectivity index is 1.96. The summed E-state index contributed by atoms with van der Waals surface area (Å²) in [5.41, 5.74) is 2.86. The van der Waals surface area contributed by atoms with Crippen LogP contribution in [0.15, 0.2) is 0 Å². The van der Waals surface area contributed by atoms with E-state index in [-0.39, 0.29) is 0 Å². The third-order valence-electron chi connectivity index (χ3n) is 5.11. The molecular weight excluding hydrogens is 258 g/mol. The Hall–Kier alpha value is -0.830. The SMILES string of the molecule is CC(C)Cc1nc2c(n1C1CC(C)CC(C)C1)CCNC2. The van der Waals surface area contributed by atoms with Crippen LogP contribution in [-0.4, -0.2) is 16.1 Å². The highest BCUT2D eigenvalue weighted by Gasteiger charge is 2.30. The van der Waals surface area contributed by atoms with Crippen molar-refractivity contribution in [3.05, 3.63) is 17.2 Å². The lowest BCUT2D eigenvalue weighted by molar-refractivity contribution is 0.214. The summed E-state index contributed by atoms with van der Waals surface area (Å²) in [6.45, 7) is 11.5. The molecule has 1 fully saturated rings. The minimum absolute atomic E-state index is 0.680. The van der Waals surface area contributed by atoms with Crippen LogP contribution in [0.2, 0.25) is 0 Å². The molecule has 1 aliphatic heterocycles. The van der Waals surface area contributed by atoms with Crippen LogP contribution in [-0.2, 0) is 19.4 Å². The van der Waals surface area contributed by atoms with Crippen molar-refractivity contribution in [3.63, 3.8) is 0 Å². The average Bonchev–Trinajstić information content (AvgIpc) is 2.74. The molecular formula is C18H31N3. The van der Waals surface area contributed by atoms with Crippen LogP contribution < -0.4 is 5.32 Å². The van der Waals surface area contributed by atoms with Gasteiger partial charge in [-0.05, 0) is 37.0 Å². The Morgan fingerprint density at radius 1 is 1.19 bits per heavy atom. The largest absolute Gasteiger partial charge is 0.329 e. The number of nitrogens with zero attached hydrogens (tertiary/aromatic N) is 2. The first kappa shape index (κ1) is 15.1. The van der Waals surface area contributed by atoms with Gasteiger partial charge in [0.1, 0.15) is 5.82 Å². The van der Waals surface area contributed by atoms with Crippen molar-refractivity contribution >= 4 is 0 Å². The first-order valence-corrected chi connectivity index (χ1v) is 8.84. The maximum absolute atomic E-state index is 5.02. The lowest BCUT2D eigenvalue weighted by Crippen LogP contribution is -2.29. The van der Waals surface area contributed by atoms with Crippen LogP contribution in [0.25, 0.3) is 0 Å². The Kier molecular flexibility index (Phi) is 4.39. The van der Waals surface area contributed by atoms with Crippen molar-refractivity contribution in [2.75, 3.05) is 6.54 Å². The summed E-state index contributed by atoms with van der Waals surface area (Å²) in [4.78, 5) is 5.02. The number of imidazole rings is 1. The second-order valence-corrected chi connectivity index (χ2v) is 7.89. The summed E-state index contributed by atoms with van der Waals surface area (Å²) in [7, 11) is 0. The molecule has 2 unspecified atom stereocenters. The summed E-state index contributed by atoms with van der Waals surface area (Å²) >= 11 is 0. The molecule has 3 nitrogen and oxygen atoms in total. The Labute approximate surface area is 129 Å². The number of aromatic nitrogens is 2. The predicted octanol–water partition coefficient (Wildman–Crippen LogP) is 3.72. The molecule has 2 atom stereocenters. The molecule has 0 bridgehead atoms. The standard InChI is InChI=1S/C18H31N3/c1-12(2)7-18-20-16-11-19-6-5-17(16)21(18)15-9-13(3)8-14(4)10-15/h12-15,19H,5-11H2,1-4H3. The Morgan fingerprint density at radius 3 is 2.57 bits per heavy atom. The van der Waals surface area contributed by atoms with E-state index >= 15 is 0 Å². The van der Waals surface area contributed by atoms with Gasteiger partial charge >= 0.3 is 0 Å². The summed E-state index contributed by atoms with van der Waals surface area (Å²) in [5.74, 6) is 3.74. The first-order valence-electron chi connectivity index (χ1n) is 8.84. The molecule has 0 radical (unpaired) electrons. The van der Waals surface area contributed by atoms with E-state index in [0.29, 0.717) is 12.0 Å². The molecule has 1 aromatic heterocycles. The highest BCUT2D eigenvalue weighted by molar-refractivity contribution is 5.22. The number of rotatable bonds is 3. The second-order valence-electron chi connectivity index (χ2n) is 7.89. The van der Waals surface area contributed by atoms with Crippen molar-refractivity contribution in [2.24, 2.45) is 17.8 Å². The minimum atomic E-state index is 0.680. The molecule has 1 N–H and O–H groups in total. The topological polar surface area (TPSA) is 29.9 Å². The van der Waals surface area contributed by atoms with Gasteiger partial charge in [0.25, 0.3) is 0 Å². The zero-order valence-electron chi connectivity index (χ0n) is 14.2. The van der Waals surface area contributed by atoms with Gasteiger partial charge in [0, 0.05) is 37.7 Å². The molecule has 1 aromatic rings. The molecule has 0 saturated heterocycles. The number of hydrogen-bond acceptors (Lipinski definition) is 2. The summed E-state index contributed by atoms with van der Waals surface area (Å²) in [5, 5.41) is 3.48. The minimum Gasteiger partial charge on any atom is -0.329 e. The van der Waals surface area contributed by atoms with Crippen LogP contribution in [0.3, 0.4) is 0 Å². The van der Waals surface area contributed by atoms with Gasteiger partial charge in [-0.3, -0.25) is 0 Å². The molecule has 0 spiro atoms. The number of fused-ring (bicyclic) bond motifs is 1. The van der Waals surface area contributed by atoms with Gasteiger partial charge in [0.2, 0.25) is 0 Å². The van der Waals surface area contributed by atoms with Crippen molar-refractivity contribution in [3.8, 4) is 0 Å². The van der Waals surface area contributed by atoms with Gasteiger partial charge in [-0.15, -0.1) is 0 Å². The molecule has 118 valence electrons. The maximum Gasteiger partial charge on any atom is 0.109 e. The predicted molar refractivity (Wildman–Crippen MR) is 87.4 cm³/mol. The van der Waals surface area contributed by atoms with Crippen molar-refractivity contribution in [1.82, 2.24) is 14.9 Å². The van der Waals surface area contributed by atoms with Crippen LogP contribution in [0.4, 0.5) is 0 Å². The third-order valence-corrected chi connectivity index (χ3v) is 5.11. The Morgan fingerprint density at radius 2 is 1.90 bits per heavy atom. The van der Waals surface area contributed by atoms with Gasteiger partial charge in [-0.1, -0.05) is 27.7 Å². The third kappa shape index (κ3) is 3.18. The zero-order valence-corrected chi connectivity index (χ0v) is 14.2. The summed E-state index contributed by atoms with van der Waals surface area (Å²) in [6, 6.07) is 0.687. The van der Waals surface area contributed by atoms with Crippen molar-refractivity contribution in [2.45, 2.75) is 72.4 Å². The number of nitrogens with one attached hydrogen (secondary N) is 1. The lowest BCUT2D eigenvalue weighted by Gasteiger charge is -2.34. The number of hydrogen-bond donors (Lipinski definition) is 1. The monoisotopic (exact) mass is 289 g/mol. The highest BCUT2D eigenvalue weighted by Crippen LogP contribution is 2.38. The van der Waals surface area contributed by atoms with E-state index in [1.807, 2.05) is 0 Å². The molecule has 2 heterocycles. The average molecular weight is 289 g/mol. The van der Waals surface area contributed by atoms with E-state index in [2.05, 4.69) is 37.6 Å². The van der Waals surface area contributed by atoms with Gasteiger partial charge < -0.3 is 9.88 Å². The molecule has 0 aromatic carbocycles. The summed E-state index contributed by atoms with van der Waals surface area (Å²) < 4.78 is 2.67. The molecule has 1 saturated carbocycles. The van der Waals surface area contributed by atoms with E-state index in [9.17, 15) is 0 Å². The smallest absolute Gasteiger partial charge is 0.109 e. The Bertz CT molecular complexity index is 479. The van der Waals surface area contributed by atoms with Gasteiger partial charge in [0.05, 0.1) is 5.69 Å². The fourth-order valence-corrected chi connectivity index (χ4v) is 4.44. The van der Waals surface area contributed by atoms with Crippen molar-refractivity contribution < 1.29 is 0 Å². The molecule has 3 heteroatoms. The highest BCUT2D eigenvalue weighted by atomic mass is 15.1. The lowest BCUT2D eigenvalue weighted by atomic mass is 9.80. The molecule has 21 heavy (non-hydrogen) atoms. The van der Waals surface area contributed by atoms with Crippen LogP contribution >= 0.6 is 0 Å². The quantitative estimate of drug-likeness (QED) is 0.919. The molecule has 2 aliphatic rings. The van der Waals surface area contributed by atoms with Gasteiger partial charge in [-0.25, -0.2) is 4.98 Å². The van der Waals surface area contributed by atoms with E-state index in [0.717, 1.165) is 37.8 Å². The van der Waals surface area contributed by atoms with Crippen molar-refractivity contribution in [1.29, 1.82) is 0 Å². The molecule has 0 amide bonds. The van der Waals surface area contributed by atoms with E-state index in [1.165, 1.54) is 36.5 Å². The first-order chi connectivity index (χ1) is 10.0. The van der Waals surface area contributed by atoms with E-state index in [1.54, 1.807) is 0 Å².